The Hall–Kier alpha value is -0.480. The summed E-state index contributed by atoms with van der Waals surface area (Å²) < 4.78 is 0. The maximum atomic E-state index is 5.25. The first-order valence-corrected chi connectivity index (χ1v) is 5.72. The monoisotopic (exact) mass is 195 g/mol. The average Bonchev–Trinajstić information content (AvgIpc) is 2.02. The molecule has 0 saturated heterocycles. The zero-order valence-corrected chi connectivity index (χ0v) is 10.2. The first-order chi connectivity index (χ1) is 6.56. The highest BCUT2D eigenvalue weighted by Crippen LogP contribution is 2.05. The molecule has 0 bridgehead atoms. The van der Waals surface area contributed by atoms with Gasteiger partial charge in [-0.15, -0.1) is 12.3 Å². The van der Waals surface area contributed by atoms with Crippen LogP contribution in [0, 0.1) is 24.2 Å². The Balaban J connectivity index is 3.79. The largest absolute Gasteiger partial charge is 0.303 e. The van der Waals surface area contributed by atoms with E-state index in [4.69, 9.17) is 6.42 Å². The van der Waals surface area contributed by atoms with Gasteiger partial charge in [-0.05, 0) is 24.8 Å². The molecule has 0 rings (SSSR count). The summed E-state index contributed by atoms with van der Waals surface area (Å²) >= 11 is 0. The minimum Gasteiger partial charge on any atom is -0.303 e. The predicted molar refractivity (Wildman–Crippen MR) is 64.2 cm³/mol. The van der Waals surface area contributed by atoms with Gasteiger partial charge in [0.1, 0.15) is 0 Å². The highest BCUT2D eigenvalue weighted by atomic mass is 15.1. The van der Waals surface area contributed by atoms with Gasteiger partial charge in [-0.25, -0.2) is 0 Å². The second-order valence-electron chi connectivity index (χ2n) is 4.85. The van der Waals surface area contributed by atoms with Gasteiger partial charge < -0.3 is 4.90 Å². The van der Waals surface area contributed by atoms with Crippen LogP contribution >= 0.6 is 0 Å². The molecule has 0 amide bonds. The summed E-state index contributed by atoms with van der Waals surface area (Å²) in [4.78, 5) is 2.53. The molecule has 0 unspecified atom stereocenters. The second kappa shape index (κ2) is 7.88. The van der Waals surface area contributed by atoms with Crippen molar-refractivity contribution < 1.29 is 0 Å². The molecule has 0 aliphatic carbocycles. The molecule has 0 saturated carbocycles. The molecule has 0 N–H and O–H groups in total. The molecule has 1 heteroatoms. The molecule has 0 spiro atoms. The third kappa shape index (κ3) is 8.13. The Bertz CT molecular complexity index is 155. The van der Waals surface area contributed by atoms with E-state index in [0.29, 0.717) is 0 Å². The maximum absolute atomic E-state index is 5.25. The summed E-state index contributed by atoms with van der Waals surface area (Å²) in [6.07, 6.45) is 7.29. The van der Waals surface area contributed by atoms with Gasteiger partial charge >= 0.3 is 0 Å². The van der Waals surface area contributed by atoms with Crippen molar-refractivity contribution in [2.24, 2.45) is 11.8 Å². The molecule has 0 aliphatic heterocycles. The third-order valence-corrected chi connectivity index (χ3v) is 2.04. The van der Waals surface area contributed by atoms with Gasteiger partial charge in [-0.2, -0.15) is 0 Å². The molecule has 0 aromatic carbocycles. The number of terminal acetylenes is 1. The molecular weight excluding hydrogens is 170 g/mol. The minimum absolute atomic E-state index is 0.750. The molecule has 0 heterocycles. The molecule has 0 aromatic heterocycles. The van der Waals surface area contributed by atoms with Crippen LogP contribution in [0.4, 0.5) is 0 Å². The number of rotatable bonds is 7. The number of hydrogen-bond donors (Lipinski definition) is 0. The fourth-order valence-corrected chi connectivity index (χ4v) is 1.69. The molecule has 0 aromatic rings. The minimum atomic E-state index is 0.750. The van der Waals surface area contributed by atoms with Gasteiger partial charge in [0.2, 0.25) is 0 Å². The van der Waals surface area contributed by atoms with Gasteiger partial charge in [0, 0.05) is 19.5 Å². The van der Waals surface area contributed by atoms with Crippen LogP contribution in [0.2, 0.25) is 0 Å². The van der Waals surface area contributed by atoms with Crippen LogP contribution < -0.4 is 0 Å². The normalized spacial score (nSPS) is 11.3. The summed E-state index contributed by atoms with van der Waals surface area (Å²) in [7, 11) is 0. The van der Waals surface area contributed by atoms with Crippen molar-refractivity contribution in [2.45, 2.75) is 40.5 Å². The lowest BCUT2D eigenvalue weighted by Gasteiger charge is -2.25. The van der Waals surface area contributed by atoms with E-state index in [-0.39, 0.29) is 0 Å². The Morgan fingerprint density at radius 1 is 1.07 bits per heavy atom. The number of nitrogens with zero attached hydrogens (tertiary/aromatic N) is 1. The van der Waals surface area contributed by atoms with Crippen LogP contribution in [-0.2, 0) is 0 Å². The highest BCUT2D eigenvalue weighted by molar-refractivity contribution is 4.83. The van der Waals surface area contributed by atoms with E-state index in [1.165, 1.54) is 13.1 Å². The maximum Gasteiger partial charge on any atom is 0.00982 e. The van der Waals surface area contributed by atoms with Gasteiger partial charge in [0.05, 0.1) is 0 Å². The Kier molecular flexibility index (Phi) is 7.61. The molecule has 0 atom stereocenters. The standard InChI is InChI=1S/C13H25N/c1-6-7-8-9-14(10-12(2)3)11-13(4)5/h1,12-13H,7-11H2,2-5H3. The van der Waals surface area contributed by atoms with Crippen LogP contribution in [0.15, 0.2) is 0 Å². The fourth-order valence-electron chi connectivity index (χ4n) is 1.69. The summed E-state index contributed by atoms with van der Waals surface area (Å²) in [6.45, 7) is 12.6. The SMILES string of the molecule is C#CCCCN(CC(C)C)CC(C)C. The topological polar surface area (TPSA) is 3.24 Å². The van der Waals surface area contributed by atoms with Crippen molar-refractivity contribution in [3.05, 3.63) is 0 Å². The van der Waals surface area contributed by atoms with Crippen LogP contribution in [0.25, 0.3) is 0 Å². The lowest BCUT2D eigenvalue weighted by Crippen LogP contribution is -2.32. The van der Waals surface area contributed by atoms with Gasteiger partial charge in [-0.3, -0.25) is 0 Å². The predicted octanol–water partition coefficient (Wildman–Crippen LogP) is 3.01. The lowest BCUT2D eigenvalue weighted by atomic mass is 10.1. The smallest absolute Gasteiger partial charge is 0.00982 e. The van der Waals surface area contributed by atoms with E-state index < -0.39 is 0 Å². The van der Waals surface area contributed by atoms with Crippen LogP contribution in [0.1, 0.15) is 40.5 Å². The van der Waals surface area contributed by atoms with E-state index in [2.05, 4.69) is 38.5 Å². The molecule has 82 valence electrons. The third-order valence-electron chi connectivity index (χ3n) is 2.04. The molecule has 0 fully saturated rings. The van der Waals surface area contributed by atoms with Gasteiger partial charge in [0.25, 0.3) is 0 Å². The molecule has 0 aliphatic rings. The van der Waals surface area contributed by atoms with Crippen LogP contribution in [0.5, 0.6) is 0 Å². The van der Waals surface area contributed by atoms with Crippen molar-refractivity contribution in [3.63, 3.8) is 0 Å². The summed E-state index contributed by atoms with van der Waals surface area (Å²) in [5, 5.41) is 0. The molecule has 1 nitrogen and oxygen atoms in total. The van der Waals surface area contributed by atoms with Gasteiger partial charge in [-0.1, -0.05) is 27.7 Å². The van der Waals surface area contributed by atoms with E-state index in [1.807, 2.05) is 0 Å². The van der Waals surface area contributed by atoms with E-state index >= 15 is 0 Å². The Morgan fingerprint density at radius 2 is 1.57 bits per heavy atom. The first-order valence-electron chi connectivity index (χ1n) is 5.72. The second-order valence-corrected chi connectivity index (χ2v) is 4.85. The molecular formula is C13H25N. The van der Waals surface area contributed by atoms with Crippen molar-refractivity contribution in [3.8, 4) is 12.3 Å². The Morgan fingerprint density at radius 3 is 1.93 bits per heavy atom. The van der Waals surface area contributed by atoms with E-state index in [1.54, 1.807) is 0 Å². The van der Waals surface area contributed by atoms with Crippen molar-refractivity contribution >= 4 is 0 Å². The van der Waals surface area contributed by atoms with E-state index in [0.717, 1.165) is 31.2 Å². The summed E-state index contributed by atoms with van der Waals surface area (Å²) in [5.41, 5.74) is 0. The van der Waals surface area contributed by atoms with Crippen LogP contribution in [-0.4, -0.2) is 24.5 Å². The van der Waals surface area contributed by atoms with Gasteiger partial charge in [0.15, 0.2) is 0 Å². The summed E-state index contributed by atoms with van der Waals surface area (Å²) in [6, 6.07) is 0. The average molecular weight is 195 g/mol. The molecule has 0 radical (unpaired) electrons. The lowest BCUT2D eigenvalue weighted by molar-refractivity contribution is 0.218. The quantitative estimate of drug-likeness (QED) is 0.446. The fraction of sp³-hybridized carbons (Fsp3) is 0.846. The van der Waals surface area contributed by atoms with Crippen LogP contribution in [0.3, 0.4) is 0 Å². The number of unbranched alkanes of at least 4 members (excludes halogenated alkanes) is 1. The van der Waals surface area contributed by atoms with Crippen molar-refractivity contribution in [1.29, 1.82) is 0 Å². The molecule has 14 heavy (non-hydrogen) atoms. The highest BCUT2D eigenvalue weighted by Gasteiger charge is 2.08. The number of hydrogen-bond acceptors (Lipinski definition) is 1. The van der Waals surface area contributed by atoms with Crippen molar-refractivity contribution in [2.75, 3.05) is 19.6 Å². The zero-order chi connectivity index (χ0) is 11.0. The summed E-state index contributed by atoms with van der Waals surface area (Å²) in [5.74, 6) is 4.20. The van der Waals surface area contributed by atoms with Crippen molar-refractivity contribution in [1.82, 2.24) is 4.90 Å². The zero-order valence-electron chi connectivity index (χ0n) is 10.2. The van der Waals surface area contributed by atoms with E-state index in [9.17, 15) is 0 Å². The first kappa shape index (κ1) is 13.5. The Labute approximate surface area is 89.9 Å².